The second kappa shape index (κ2) is 13.4. The van der Waals surface area contributed by atoms with Crippen molar-refractivity contribution in [1.82, 2.24) is 9.55 Å². The molecule has 0 aliphatic rings. The van der Waals surface area contributed by atoms with Crippen LogP contribution in [0.1, 0.15) is 11.1 Å². The zero-order valence-corrected chi connectivity index (χ0v) is 24.9. The summed E-state index contributed by atoms with van der Waals surface area (Å²) in [5.41, 5.74) is 6.77. The van der Waals surface area contributed by atoms with E-state index in [4.69, 9.17) is 22.6 Å². The molecule has 41 heavy (non-hydrogen) atoms. The van der Waals surface area contributed by atoms with Crippen LogP contribution in [0.25, 0.3) is 37.2 Å². The Kier molecular flexibility index (Phi) is 9.47. The third-order valence-electron chi connectivity index (χ3n) is 6.52. The zero-order chi connectivity index (χ0) is 29.4. The average molecular weight is 606 g/mol. The maximum atomic E-state index is 7.18. The van der Waals surface area contributed by atoms with Crippen molar-refractivity contribution in [3.05, 3.63) is 136 Å². The average Bonchev–Trinajstić information content (AvgIpc) is 3.63. The highest BCUT2D eigenvalue weighted by molar-refractivity contribution is 9.10. The normalized spacial score (nSPS) is 10.0. The van der Waals surface area contributed by atoms with Crippen LogP contribution in [0.2, 0.25) is 0 Å². The van der Waals surface area contributed by atoms with Crippen LogP contribution in [0, 0.1) is 27.0 Å². The number of fused-ring (bicyclic) bond motifs is 2. The highest BCUT2D eigenvalue weighted by Gasteiger charge is 2.07. The van der Waals surface area contributed by atoms with E-state index < -0.39 is 0 Å². The highest BCUT2D eigenvalue weighted by Crippen LogP contribution is 2.29. The number of H-pyrrole nitrogens is 1. The molecule has 6 rings (SSSR count). The maximum absolute atomic E-state index is 7.18. The van der Waals surface area contributed by atoms with Crippen LogP contribution in [0.4, 0.5) is 11.4 Å². The van der Waals surface area contributed by atoms with Crippen molar-refractivity contribution in [3.63, 3.8) is 0 Å². The number of halogens is 1. The first-order chi connectivity index (χ1) is 19.9. The van der Waals surface area contributed by atoms with E-state index in [1.165, 1.54) is 0 Å². The van der Waals surface area contributed by atoms with Crippen LogP contribution >= 0.6 is 15.9 Å². The lowest BCUT2D eigenvalue weighted by molar-refractivity contribution is 0.414. The standard InChI is InChI=1S/C17H14N2O.C10H8N2.C7H7BrO/c1-12-10-17-13(11-16(12)18-2)8-9-19(17)14-4-6-15(20-3)7-5-14;1-7-5-10-8(3-4-12-10)6-9(7)11-2;1-9-7-4-2-6(8)3-5-7/h4-11H,1,3H3;3-6,12H,1H3;2-5H,1H3. The number of nitrogens with one attached hydrogen (secondary N) is 1. The van der Waals surface area contributed by atoms with Gasteiger partial charge in [-0.3, -0.25) is 0 Å². The predicted octanol–water partition coefficient (Wildman–Crippen LogP) is 9.98. The number of methoxy groups -OCH3 is 2. The number of hydrogen-bond donors (Lipinski definition) is 1. The molecule has 0 amide bonds. The molecule has 0 unspecified atom stereocenters. The van der Waals surface area contributed by atoms with Gasteiger partial charge in [-0.05, 0) is 121 Å². The molecule has 0 radical (unpaired) electrons. The molecule has 0 aliphatic carbocycles. The molecule has 0 saturated carbocycles. The zero-order valence-electron chi connectivity index (χ0n) is 23.3. The van der Waals surface area contributed by atoms with Crippen LogP contribution in [0.15, 0.2) is 102 Å². The molecule has 204 valence electrons. The van der Waals surface area contributed by atoms with E-state index in [2.05, 4.69) is 41.2 Å². The lowest BCUT2D eigenvalue weighted by atomic mass is 10.1. The summed E-state index contributed by atoms with van der Waals surface area (Å²) in [6, 6.07) is 27.6. The molecule has 2 heterocycles. The van der Waals surface area contributed by atoms with Gasteiger partial charge in [-0.25, -0.2) is 9.69 Å². The number of aromatic amines is 1. The summed E-state index contributed by atoms with van der Waals surface area (Å²) in [4.78, 5) is 10.1. The van der Waals surface area contributed by atoms with Gasteiger partial charge < -0.3 is 19.0 Å². The molecule has 0 bridgehead atoms. The van der Waals surface area contributed by atoms with Crippen molar-refractivity contribution in [3.8, 4) is 17.2 Å². The fourth-order valence-corrected chi connectivity index (χ4v) is 4.52. The van der Waals surface area contributed by atoms with Gasteiger partial charge in [0.1, 0.15) is 11.5 Å². The Morgan fingerprint density at radius 2 is 1.27 bits per heavy atom. The summed E-state index contributed by atoms with van der Waals surface area (Å²) < 4.78 is 13.3. The van der Waals surface area contributed by atoms with Crippen LogP contribution in [0.5, 0.6) is 11.5 Å². The first-order valence-electron chi connectivity index (χ1n) is 12.7. The minimum atomic E-state index is 0.713. The number of hydrogen-bond acceptors (Lipinski definition) is 2. The third kappa shape index (κ3) is 6.97. The molecule has 6 nitrogen and oxygen atoms in total. The molecule has 0 saturated heterocycles. The molecule has 0 spiro atoms. The molecule has 0 fully saturated rings. The minimum Gasteiger partial charge on any atom is -0.497 e. The van der Waals surface area contributed by atoms with E-state index in [0.29, 0.717) is 5.69 Å². The number of benzene rings is 4. The van der Waals surface area contributed by atoms with Gasteiger partial charge in [0.2, 0.25) is 0 Å². The number of ether oxygens (including phenoxy) is 2. The number of nitrogens with zero attached hydrogens (tertiary/aromatic N) is 3. The lowest BCUT2D eigenvalue weighted by Crippen LogP contribution is -1.92. The molecule has 6 aromatic rings. The van der Waals surface area contributed by atoms with E-state index in [0.717, 1.165) is 60.3 Å². The van der Waals surface area contributed by atoms with Gasteiger partial charge in [-0.2, -0.15) is 0 Å². The number of rotatable bonds is 3. The van der Waals surface area contributed by atoms with Crippen LogP contribution in [-0.4, -0.2) is 23.8 Å². The van der Waals surface area contributed by atoms with Gasteiger partial charge >= 0.3 is 0 Å². The summed E-state index contributed by atoms with van der Waals surface area (Å²) in [6.45, 7) is 18.0. The SMILES string of the molecule is COc1ccc(Br)cc1.[C-]#[N+]c1cc2cc[nH]c2cc1C.[C-]#[N+]c1cc2ccn(-c3ccc(OC)cc3)c2cc1C. The summed E-state index contributed by atoms with van der Waals surface area (Å²) in [5.74, 6) is 1.73. The van der Waals surface area contributed by atoms with Gasteiger partial charge in [0.05, 0.1) is 32.9 Å². The molecule has 0 atom stereocenters. The lowest BCUT2D eigenvalue weighted by Gasteiger charge is -2.08. The smallest absolute Gasteiger partial charge is 0.190 e. The Hall–Kier alpha value is -4.98. The van der Waals surface area contributed by atoms with Gasteiger partial charge in [-0.1, -0.05) is 15.9 Å². The Morgan fingerprint density at radius 3 is 1.85 bits per heavy atom. The summed E-state index contributed by atoms with van der Waals surface area (Å²) in [7, 11) is 3.32. The van der Waals surface area contributed by atoms with Crippen LogP contribution in [0.3, 0.4) is 0 Å². The van der Waals surface area contributed by atoms with Crippen molar-refractivity contribution >= 4 is 49.1 Å². The second-order valence-electron chi connectivity index (χ2n) is 9.17. The van der Waals surface area contributed by atoms with E-state index >= 15 is 0 Å². The van der Waals surface area contributed by atoms with Gasteiger partial charge in [-0.15, -0.1) is 0 Å². The van der Waals surface area contributed by atoms with Gasteiger partial charge in [0.25, 0.3) is 0 Å². The van der Waals surface area contributed by atoms with Crippen LogP contribution < -0.4 is 9.47 Å². The Morgan fingerprint density at radius 1 is 0.707 bits per heavy atom. The molecule has 1 N–H and O–H groups in total. The van der Waals surface area contributed by atoms with Crippen LogP contribution in [-0.2, 0) is 0 Å². The molecule has 7 heteroatoms. The highest BCUT2D eigenvalue weighted by atomic mass is 79.9. The number of aryl methyl sites for hydroxylation is 2. The van der Waals surface area contributed by atoms with Crippen molar-refractivity contribution < 1.29 is 9.47 Å². The first kappa shape index (κ1) is 29.0. The third-order valence-corrected chi connectivity index (χ3v) is 7.05. The molecule has 4 aromatic carbocycles. The van der Waals surface area contributed by atoms with Gasteiger partial charge in [0, 0.05) is 28.1 Å². The summed E-state index contributed by atoms with van der Waals surface area (Å²) >= 11 is 3.32. The fourth-order valence-electron chi connectivity index (χ4n) is 4.25. The fraction of sp³-hybridized carbons (Fsp3) is 0.118. The van der Waals surface area contributed by atoms with Gasteiger partial charge in [0.15, 0.2) is 11.4 Å². The van der Waals surface area contributed by atoms with Crippen molar-refractivity contribution in [2.45, 2.75) is 13.8 Å². The largest absolute Gasteiger partial charge is 0.497 e. The minimum absolute atomic E-state index is 0.713. The van der Waals surface area contributed by atoms with Crippen molar-refractivity contribution in [1.29, 1.82) is 0 Å². The Balaban J connectivity index is 0.000000156. The Bertz CT molecular complexity index is 1850. The van der Waals surface area contributed by atoms with E-state index in [-0.39, 0.29) is 0 Å². The topological polar surface area (TPSA) is 47.9 Å². The van der Waals surface area contributed by atoms with E-state index in [1.54, 1.807) is 14.2 Å². The second-order valence-corrected chi connectivity index (χ2v) is 10.1. The van der Waals surface area contributed by atoms with Crippen molar-refractivity contribution in [2.75, 3.05) is 14.2 Å². The monoisotopic (exact) mass is 604 g/mol. The van der Waals surface area contributed by atoms with Crippen molar-refractivity contribution in [2.24, 2.45) is 0 Å². The molecule has 0 aliphatic heterocycles. The van der Waals surface area contributed by atoms with E-state index in [9.17, 15) is 0 Å². The maximum Gasteiger partial charge on any atom is 0.190 e. The summed E-state index contributed by atoms with van der Waals surface area (Å²) in [6.07, 6.45) is 3.91. The summed E-state index contributed by atoms with van der Waals surface area (Å²) in [5, 5.41) is 2.18. The Labute approximate surface area is 248 Å². The van der Waals surface area contributed by atoms with E-state index in [1.807, 2.05) is 105 Å². The molecular weight excluding hydrogens is 576 g/mol. The predicted molar refractivity (Wildman–Crippen MR) is 171 cm³/mol. The molecule has 2 aromatic heterocycles. The quantitative estimate of drug-likeness (QED) is 0.204. The first-order valence-corrected chi connectivity index (χ1v) is 13.5. The number of aromatic nitrogens is 2. The molecular formula is C34H29BrN4O2.